The van der Waals surface area contributed by atoms with E-state index < -0.39 is 0 Å². The van der Waals surface area contributed by atoms with Gasteiger partial charge in [-0.1, -0.05) is 36.4 Å². The second kappa shape index (κ2) is 10.00. The molecule has 0 bridgehead atoms. The highest BCUT2D eigenvalue weighted by atomic mass is 16.5. The molecule has 2 heterocycles. The monoisotopic (exact) mass is 481 g/mol. The third kappa shape index (κ3) is 4.55. The van der Waals surface area contributed by atoms with E-state index in [-0.39, 0.29) is 11.7 Å². The molecule has 1 N–H and O–H groups in total. The van der Waals surface area contributed by atoms with Crippen LogP contribution in [0.4, 0.5) is 0 Å². The average molecular weight is 482 g/mol. The van der Waals surface area contributed by atoms with Crippen molar-refractivity contribution >= 4 is 11.5 Å². The molecule has 1 aliphatic rings. The number of hydrogen-bond acceptors (Lipinski definition) is 5. The van der Waals surface area contributed by atoms with Gasteiger partial charge in [0.15, 0.2) is 11.5 Å². The van der Waals surface area contributed by atoms with Crippen LogP contribution in [0, 0.1) is 0 Å². The molecule has 1 amide bonds. The van der Waals surface area contributed by atoms with Gasteiger partial charge < -0.3 is 19.5 Å². The van der Waals surface area contributed by atoms with Crippen molar-refractivity contribution in [2.24, 2.45) is 0 Å². The maximum atomic E-state index is 13.8. The van der Waals surface area contributed by atoms with Crippen molar-refractivity contribution in [2.45, 2.75) is 6.42 Å². The number of benzene rings is 3. The lowest BCUT2D eigenvalue weighted by atomic mass is 9.98. The van der Waals surface area contributed by atoms with Crippen molar-refractivity contribution < 1.29 is 19.4 Å². The lowest BCUT2D eigenvalue weighted by Gasteiger charge is -2.26. The zero-order valence-electron chi connectivity index (χ0n) is 20.2. The normalized spacial score (nSPS) is 13.3. The first kappa shape index (κ1) is 23.2. The summed E-state index contributed by atoms with van der Waals surface area (Å²) in [5.41, 5.74) is 4.96. The fraction of sp³-hybridized carbons (Fsp3) is 0.172. The Kier molecular flexibility index (Phi) is 6.45. The molecule has 0 unspecified atom stereocenters. The number of aromatic hydroxyl groups is 1. The van der Waals surface area contributed by atoms with Crippen molar-refractivity contribution in [1.82, 2.24) is 14.7 Å². The van der Waals surface area contributed by atoms with E-state index >= 15 is 0 Å². The van der Waals surface area contributed by atoms with Crippen LogP contribution in [0.2, 0.25) is 0 Å². The van der Waals surface area contributed by atoms with Crippen molar-refractivity contribution in [3.63, 3.8) is 0 Å². The lowest BCUT2D eigenvalue weighted by Crippen LogP contribution is -2.34. The summed E-state index contributed by atoms with van der Waals surface area (Å²) in [5, 5.41) is 14.4. The smallest absolute Gasteiger partial charge is 0.258 e. The van der Waals surface area contributed by atoms with Gasteiger partial charge in [-0.05, 0) is 60.0 Å². The van der Waals surface area contributed by atoms with E-state index in [1.54, 1.807) is 37.2 Å². The molecule has 3 aromatic carbocycles. The summed E-state index contributed by atoms with van der Waals surface area (Å²) in [7, 11) is 3.18. The van der Waals surface area contributed by atoms with Gasteiger partial charge in [0, 0.05) is 24.8 Å². The average Bonchev–Trinajstić information content (AvgIpc) is 3.39. The molecule has 0 radical (unpaired) electrons. The van der Waals surface area contributed by atoms with Crippen molar-refractivity contribution in [3.05, 3.63) is 96.2 Å². The van der Waals surface area contributed by atoms with E-state index in [1.165, 1.54) is 5.57 Å². The predicted molar refractivity (Wildman–Crippen MR) is 139 cm³/mol. The standard InChI is InChI=1S/C29H27N3O4/c1-35-26-13-10-22(18-27(26)36-2)28-25(19-32(30-28)23-6-4-3-5-7-23)29(34)31-16-14-21(15-17-31)20-8-11-24(33)12-9-20/h3-14,18-19,33H,15-17H2,1-2H3. The van der Waals surface area contributed by atoms with E-state index in [1.807, 2.05) is 65.6 Å². The zero-order chi connectivity index (χ0) is 25.1. The lowest BCUT2D eigenvalue weighted by molar-refractivity contribution is 0.0773. The molecule has 7 nitrogen and oxygen atoms in total. The molecule has 0 saturated heterocycles. The van der Waals surface area contributed by atoms with Gasteiger partial charge in [-0.15, -0.1) is 0 Å². The van der Waals surface area contributed by atoms with Gasteiger partial charge in [0.25, 0.3) is 5.91 Å². The maximum Gasteiger partial charge on any atom is 0.258 e. The third-order valence-corrected chi connectivity index (χ3v) is 6.36. The summed E-state index contributed by atoms with van der Waals surface area (Å²) in [6.45, 7) is 1.09. The van der Waals surface area contributed by atoms with Crippen LogP contribution in [0.1, 0.15) is 22.3 Å². The highest BCUT2D eigenvalue weighted by Gasteiger charge is 2.26. The van der Waals surface area contributed by atoms with Crippen LogP contribution in [0.3, 0.4) is 0 Å². The summed E-state index contributed by atoms with van der Waals surface area (Å²) in [6, 6.07) is 22.4. The summed E-state index contributed by atoms with van der Waals surface area (Å²) in [4.78, 5) is 15.6. The number of amides is 1. The molecule has 4 aromatic rings. The maximum absolute atomic E-state index is 13.8. The number of methoxy groups -OCH3 is 2. The van der Waals surface area contributed by atoms with Crippen LogP contribution >= 0.6 is 0 Å². The van der Waals surface area contributed by atoms with Gasteiger partial charge in [-0.3, -0.25) is 4.79 Å². The highest BCUT2D eigenvalue weighted by molar-refractivity contribution is 6.00. The van der Waals surface area contributed by atoms with Crippen LogP contribution in [-0.2, 0) is 0 Å². The Bertz CT molecular complexity index is 1410. The second-order valence-corrected chi connectivity index (χ2v) is 8.52. The van der Waals surface area contributed by atoms with Crippen LogP contribution in [0.15, 0.2) is 85.1 Å². The molecule has 0 atom stereocenters. The summed E-state index contributed by atoms with van der Waals surface area (Å²) < 4.78 is 12.6. The fourth-order valence-electron chi connectivity index (χ4n) is 4.40. The topological polar surface area (TPSA) is 76.8 Å². The molecule has 0 saturated carbocycles. The van der Waals surface area contributed by atoms with Gasteiger partial charge >= 0.3 is 0 Å². The fourth-order valence-corrected chi connectivity index (χ4v) is 4.40. The number of carbonyl (C=O) groups is 1. The summed E-state index contributed by atoms with van der Waals surface area (Å²) in [5.74, 6) is 1.34. The number of ether oxygens (including phenoxy) is 2. The number of carbonyl (C=O) groups excluding carboxylic acids is 1. The Morgan fingerprint density at radius 2 is 1.64 bits per heavy atom. The molecule has 0 fully saturated rings. The largest absolute Gasteiger partial charge is 0.508 e. The number of aromatic nitrogens is 2. The Labute approximate surface area is 209 Å². The number of para-hydroxylation sites is 1. The van der Waals surface area contributed by atoms with Gasteiger partial charge in [-0.2, -0.15) is 5.10 Å². The molecule has 182 valence electrons. The van der Waals surface area contributed by atoms with Crippen molar-refractivity contribution in [3.8, 4) is 34.2 Å². The molecule has 0 aliphatic carbocycles. The van der Waals surface area contributed by atoms with E-state index in [0.29, 0.717) is 35.8 Å². The van der Waals surface area contributed by atoms with E-state index in [4.69, 9.17) is 14.6 Å². The zero-order valence-corrected chi connectivity index (χ0v) is 20.2. The predicted octanol–water partition coefficient (Wildman–Crippen LogP) is 5.19. The number of phenols is 1. The van der Waals surface area contributed by atoms with Crippen LogP contribution in [0.25, 0.3) is 22.5 Å². The van der Waals surface area contributed by atoms with E-state index in [0.717, 1.165) is 23.2 Å². The van der Waals surface area contributed by atoms with Crippen molar-refractivity contribution in [2.75, 3.05) is 27.3 Å². The SMILES string of the molecule is COc1ccc(-c2nn(-c3ccccc3)cc2C(=O)N2CC=C(c3ccc(O)cc3)CC2)cc1OC. The quantitative estimate of drug-likeness (QED) is 0.410. The number of phenolic OH excluding ortho intramolecular Hbond substituents is 1. The van der Waals surface area contributed by atoms with Gasteiger partial charge in [0.05, 0.1) is 25.5 Å². The summed E-state index contributed by atoms with van der Waals surface area (Å²) in [6.07, 6.45) is 4.60. The molecule has 1 aromatic heterocycles. The first-order chi connectivity index (χ1) is 17.6. The minimum absolute atomic E-state index is 0.0806. The van der Waals surface area contributed by atoms with Crippen LogP contribution < -0.4 is 9.47 Å². The Hall–Kier alpha value is -4.52. The van der Waals surface area contributed by atoms with E-state index in [2.05, 4.69) is 6.08 Å². The highest BCUT2D eigenvalue weighted by Crippen LogP contribution is 2.34. The Morgan fingerprint density at radius 3 is 2.31 bits per heavy atom. The van der Waals surface area contributed by atoms with Gasteiger partial charge in [-0.25, -0.2) is 4.68 Å². The number of hydrogen-bond donors (Lipinski definition) is 1. The second-order valence-electron chi connectivity index (χ2n) is 8.52. The molecule has 7 heteroatoms. The summed E-state index contributed by atoms with van der Waals surface area (Å²) >= 11 is 0. The van der Waals surface area contributed by atoms with Gasteiger partial charge in [0.1, 0.15) is 11.4 Å². The van der Waals surface area contributed by atoms with Crippen LogP contribution in [-0.4, -0.2) is 53.0 Å². The number of rotatable bonds is 6. The number of nitrogens with zero attached hydrogens (tertiary/aromatic N) is 3. The Balaban J connectivity index is 1.49. The van der Waals surface area contributed by atoms with Crippen molar-refractivity contribution in [1.29, 1.82) is 0 Å². The van der Waals surface area contributed by atoms with E-state index in [9.17, 15) is 9.90 Å². The first-order valence-electron chi connectivity index (χ1n) is 11.7. The molecular formula is C29H27N3O4. The molecule has 36 heavy (non-hydrogen) atoms. The Morgan fingerprint density at radius 1 is 0.917 bits per heavy atom. The minimum atomic E-state index is -0.0806. The molecular weight excluding hydrogens is 454 g/mol. The minimum Gasteiger partial charge on any atom is -0.508 e. The first-order valence-corrected chi connectivity index (χ1v) is 11.7. The molecule has 1 aliphatic heterocycles. The molecule has 0 spiro atoms. The third-order valence-electron chi connectivity index (χ3n) is 6.36. The van der Waals surface area contributed by atoms with Gasteiger partial charge in [0.2, 0.25) is 0 Å². The van der Waals surface area contributed by atoms with Crippen LogP contribution in [0.5, 0.6) is 17.2 Å². The molecule has 5 rings (SSSR count).